The normalized spacial score (nSPS) is 15.2. The lowest BCUT2D eigenvalue weighted by molar-refractivity contribution is 0.105. The third-order valence-electron chi connectivity index (χ3n) is 3.67. The minimum absolute atomic E-state index is 0.0736. The average Bonchev–Trinajstić information content (AvgIpc) is 2.96. The van der Waals surface area contributed by atoms with Gasteiger partial charge >= 0.3 is 0 Å². The van der Waals surface area contributed by atoms with E-state index in [9.17, 15) is 4.79 Å². The number of morpholine rings is 1. The van der Waals surface area contributed by atoms with Crippen molar-refractivity contribution in [2.75, 3.05) is 31.2 Å². The maximum atomic E-state index is 12.5. The number of allylic oxidation sites excluding steroid dienone is 1. The molecule has 24 heavy (non-hydrogen) atoms. The fraction of sp³-hybridized carbons (Fsp3) is 0.294. The highest BCUT2D eigenvalue weighted by Crippen LogP contribution is 2.28. The largest absolute Gasteiger partial charge is 0.378 e. The van der Waals surface area contributed by atoms with Crippen molar-refractivity contribution in [1.82, 2.24) is 4.98 Å². The lowest BCUT2D eigenvalue weighted by atomic mass is 10.2. The molecule has 0 spiro atoms. The number of ketones is 1. The van der Waals surface area contributed by atoms with Crippen molar-refractivity contribution in [3.05, 3.63) is 50.5 Å². The summed E-state index contributed by atoms with van der Waals surface area (Å²) in [6.45, 7) is 4.85. The van der Waals surface area contributed by atoms with E-state index >= 15 is 0 Å². The Bertz CT molecular complexity index is 783. The van der Waals surface area contributed by atoms with Gasteiger partial charge in [0, 0.05) is 23.1 Å². The minimum Gasteiger partial charge on any atom is -0.378 e. The van der Waals surface area contributed by atoms with Crippen LogP contribution in [0.1, 0.15) is 20.9 Å². The van der Waals surface area contributed by atoms with Gasteiger partial charge in [0.1, 0.15) is 0 Å². The Balaban J connectivity index is 1.77. The summed E-state index contributed by atoms with van der Waals surface area (Å²) < 4.78 is 5.35. The highest BCUT2D eigenvalue weighted by molar-refractivity contribution is 7.17. The van der Waals surface area contributed by atoms with Gasteiger partial charge in [-0.2, -0.15) is 0 Å². The molecule has 126 valence electrons. The zero-order chi connectivity index (χ0) is 17.1. The Morgan fingerprint density at radius 1 is 1.33 bits per heavy atom. The van der Waals surface area contributed by atoms with Gasteiger partial charge in [-0.15, -0.1) is 0 Å². The summed E-state index contributed by atoms with van der Waals surface area (Å²) in [5.41, 5.74) is 1.50. The molecule has 0 aliphatic carbocycles. The van der Waals surface area contributed by atoms with Gasteiger partial charge in [-0.3, -0.25) is 4.79 Å². The lowest BCUT2D eigenvalue weighted by Crippen LogP contribution is -2.36. The zero-order valence-corrected chi connectivity index (χ0v) is 15.4. The summed E-state index contributed by atoms with van der Waals surface area (Å²) >= 11 is 13.4. The van der Waals surface area contributed by atoms with Crippen molar-refractivity contribution in [2.45, 2.75) is 6.92 Å². The molecule has 0 bridgehead atoms. The molecule has 0 saturated carbocycles. The van der Waals surface area contributed by atoms with Crippen LogP contribution in [0.25, 0.3) is 6.08 Å². The van der Waals surface area contributed by atoms with E-state index in [-0.39, 0.29) is 5.78 Å². The molecule has 1 fully saturated rings. The molecule has 2 heterocycles. The number of thiazole rings is 1. The van der Waals surface area contributed by atoms with E-state index in [1.165, 1.54) is 17.4 Å². The van der Waals surface area contributed by atoms with Gasteiger partial charge in [0.25, 0.3) is 0 Å². The number of halogens is 2. The van der Waals surface area contributed by atoms with E-state index < -0.39 is 0 Å². The van der Waals surface area contributed by atoms with Crippen molar-refractivity contribution in [2.24, 2.45) is 0 Å². The van der Waals surface area contributed by atoms with E-state index in [1.54, 1.807) is 24.3 Å². The van der Waals surface area contributed by atoms with Gasteiger partial charge in [0.15, 0.2) is 10.9 Å². The highest BCUT2D eigenvalue weighted by atomic mass is 35.5. The number of hydrogen-bond acceptors (Lipinski definition) is 5. The molecule has 0 radical (unpaired) electrons. The van der Waals surface area contributed by atoms with Gasteiger partial charge in [0.2, 0.25) is 0 Å². The molecule has 2 aromatic rings. The maximum Gasteiger partial charge on any atom is 0.197 e. The second kappa shape index (κ2) is 7.66. The number of aryl methyl sites for hydroxylation is 1. The molecule has 0 amide bonds. The van der Waals surface area contributed by atoms with Crippen LogP contribution in [-0.2, 0) is 4.74 Å². The van der Waals surface area contributed by atoms with E-state index in [2.05, 4.69) is 9.88 Å². The molecule has 0 N–H and O–H groups in total. The molecule has 3 rings (SSSR count). The Kier molecular flexibility index (Phi) is 5.56. The third kappa shape index (κ3) is 3.98. The van der Waals surface area contributed by atoms with Gasteiger partial charge in [-0.25, -0.2) is 4.98 Å². The summed E-state index contributed by atoms with van der Waals surface area (Å²) in [5, 5.41) is 1.95. The smallest absolute Gasteiger partial charge is 0.197 e. The molecule has 7 heteroatoms. The van der Waals surface area contributed by atoms with Crippen LogP contribution >= 0.6 is 34.5 Å². The topological polar surface area (TPSA) is 42.4 Å². The first kappa shape index (κ1) is 17.4. The van der Waals surface area contributed by atoms with Crippen molar-refractivity contribution >= 4 is 51.5 Å². The van der Waals surface area contributed by atoms with Crippen LogP contribution in [0.2, 0.25) is 10.0 Å². The first-order valence-corrected chi connectivity index (χ1v) is 9.09. The van der Waals surface area contributed by atoms with Gasteiger partial charge < -0.3 is 9.64 Å². The van der Waals surface area contributed by atoms with Crippen molar-refractivity contribution in [3.8, 4) is 0 Å². The highest BCUT2D eigenvalue weighted by Gasteiger charge is 2.19. The van der Waals surface area contributed by atoms with Crippen molar-refractivity contribution in [1.29, 1.82) is 0 Å². The summed E-state index contributed by atoms with van der Waals surface area (Å²) in [5.74, 6) is -0.0736. The molecule has 1 aliphatic rings. The van der Waals surface area contributed by atoms with Crippen LogP contribution in [0.15, 0.2) is 24.3 Å². The summed E-state index contributed by atoms with van der Waals surface area (Å²) in [7, 11) is 0. The van der Waals surface area contributed by atoms with Gasteiger partial charge in [-0.05, 0) is 36.8 Å². The number of benzene rings is 1. The Labute approximate surface area is 154 Å². The van der Waals surface area contributed by atoms with E-state index in [0.717, 1.165) is 29.5 Å². The van der Waals surface area contributed by atoms with Crippen molar-refractivity contribution < 1.29 is 9.53 Å². The molecule has 1 aliphatic heterocycles. The first-order valence-electron chi connectivity index (χ1n) is 7.52. The van der Waals surface area contributed by atoms with Gasteiger partial charge in [-0.1, -0.05) is 40.6 Å². The Morgan fingerprint density at radius 3 is 2.79 bits per heavy atom. The van der Waals surface area contributed by atoms with Gasteiger partial charge in [0.05, 0.1) is 23.8 Å². The zero-order valence-electron chi connectivity index (χ0n) is 13.1. The quantitative estimate of drug-likeness (QED) is 0.576. The fourth-order valence-electron chi connectivity index (χ4n) is 2.38. The van der Waals surface area contributed by atoms with Crippen LogP contribution in [0.5, 0.6) is 0 Å². The third-order valence-corrected chi connectivity index (χ3v) is 5.46. The summed E-state index contributed by atoms with van der Waals surface area (Å²) in [4.78, 5) is 19.8. The Hall–Kier alpha value is -1.40. The Morgan fingerprint density at radius 2 is 2.08 bits per heavy atom. The molecular weight excluding hydrogens is 367 g/mol. The molecule has 1 saturated heterocycles. The second-order valence-corrected chi connectivity index (χ2v) is 7.19. The first-order chi connectivity index (χ1) is 11.5. The second-order valence-electron chi connectivity index (χ2n) is 5.37. The van der Waals surface area contributed by atoms with Crippen LogP contribution < -0.4 is 4.90 Å². The van der Waals surface area contributed by atoms with Crippen LogP contribution in [0.4, 0.5) is 5.13 Å². The molecule has 1 aromatic heterocycles. The average molecular weight is 383 g/mol. The number of aromatic nitrogens is 1. The lowest BCUT2D eigenvalue weighted by Gasteiger charge is -2.25. The number of nitrogens with zero attached hydrogens (tertiary/aromatic N) is 2. The summed E-state index contributed by atoms with van der Waals surface area (Å²) in [6.07, 6.45) is 3.23. The predicted octanol–water partition coefficient (Wildman–Crippen LogP) is 4.49. The molecule has 1 aromatic carbocycles. The SMILES string of the molecule is Cc1nc(N2CCOCC2)sc1C(=O)/C=C/c1ccc(Cl)cc1Cl. The number of anilines is 1. The molecule has 0 unspecified atom stereocenters. The van der Waals surface area contributed by atoms with Crippen LogP contribution in [0.3, 0.4) is 0 Å². The number of carbonyl (C=O) groups excluding carboxylic acids is 1. The monoisotopic (exact) mass is 382 g/mol. The number of hydrogen-bond donors (Lipinski definition) is 0. The number of ether oxygens (including phenoxy) is 1. The molecule has 0 atom stereocenters. The van der Waals surface area contributed by atoms with Crippen molar-refractivity contribution in [3.63, 3.8) is 0 Å². The number of rotatable bonds is 4. The summed E-state index contributed by atoms with van der Waals surface area (Å²) in [6, 6.07) is 5.18. The van der Waals surface area contributed by atoms with E-state index in [1.807, 2.05) is 6.92 Å². The fourth-order valence-corrected chi connectivity index (χ4v) is 3.89. The van der Waals surface area contributed by atoms with E-state index in [0.29, 0.717) is 28.1 Å². The van der Waals surface area contributed by atoms with Crippen LogP contribution in [0, 0.1) is 6.92 Å². The molecular formula is C17H16Cl2N2O2S. The predicted molar refractivity (Wildman–Crippen MR) is 99.7 cm³/mol. The molecule has 4 nitrogen and oxygen atoms in total. The minimum atomic E-state index is -0.0736. The van der Waals surface area contributed by atoms with Crippen LogP contribution in [-0.4, -0.2) is 37.1 Å². The standard InChI is InChI=1S/C17H16Cl2N2O2S/c1-11-16(24-17(20-11)21-6-8-23-9-7-21)15(22)5-3-12-2-4-13(18)10-14(12)19/h2-5,10H,6-9H2,1H3/b5-3+. The number of carbonyl (C=O) groups is 1. The van der Waals surface area contributed by atoms with E-state index in [4.69, 9.17) is 27.9 Å². The maximum absolute atomic E-state index is 12.5.